The van der Waals surface area contributed by atoms with Crippen LogP contribution in [0.4, 0.5) is 0 Å². The highest BCUT2D eigenvalue weighted by Crippen LogP contribution is 2.23. The first-order chi connectivity index (χ1) is 12.1. The Kier molecular flexibility index (Phi) is 6.54. The molecule has 1 heterocycles. The molecule has 0 radical (unpaired) electrons. The maximum absolute atomic E-state index is 13.0. The van der Waals surface area contributed by atoms with Crippen LogP contribution in [0.2, 0.25) is 0 Å². The highest BCUT2D eigenvalue weighted by molar-refractivity contribution is 7.89. The Labute approximate surface area is 159 Å². The van der Waals surface area contributed by atoms with Crippen molar-refractivity contribution in [3.8, 4) is 0 Å². The van der Waals surface area contributed by atoms with E-state index in [1.165, 1.54) is 15.6 Å². The van der Waals surface area contributed by atoms with Crippen molar-refractivity contribution in [2.75, 3.05) is 0 Å². The number of thiazole rings is 1. The molecule has 1 aromatic heterocycles. The molecule has 0 atom stereocenters. The van der Waals surface area contributed by atoms with Gasteiger partial charge in [0.15, 0.2) is 0 Å². The average molecular weight is 396 g/mol. The van der Waals surface area contributed by atoms with E-state index in [2.05, 4.69) is 10.3 Å². The molecule has 0 bridgehead atoms. The van der Waals surface area contributed by atoms with Gasteiger partial charge in [-0.25, -0.2) is 13.4 Å². The zero-order valence-corrected chi connectivity index (χ0v) is 17.3. The third kappa shape index (κ3) is 4.90. The van der Waals surface area contributed by atoms with E-state index < -0.39 is 10.0 Å². The summed E-state index contributed by atoms with van der Waals surface area (Å²) in [5.41, 5.74) is 1.32. The monoisotopic (exact) mass is 395 g/mol. The fourth-order valence-corrected chi connectivity index (χ4v) is 4.80. The van der Waals surface area contributed by atoms with E-state index >= 15 is 0 Å². The first-order valence-electron chi connectivity index (χ1n) is 8.45. The van der Waals surface area contributed by atoms with Crippen LogP contribution in [0.3, 0.4) is 0 Å². The predicted molar refractivity (Wildman–Crippen MR) is 104 cm³/mol. The number of hydrogen-bond acceptors (Lipinski definition) is 5. The van der Waals surface area contributed by atoms with Gasteiger partial charge in [-0.2, -0.15) is 4.31 Å². The average Bonchev–Trinajstić information content (AvgIpc) is 3.01. The standard InChI is InChI=1S/C18H25N3O3S2/c1-12(2)19-18(22)16-11-25-17(20-16)10-21(13(3)4)26(23,24)15-8-6-14(5)7-9-15/h6-9,11-13H,10H2,1-5H3,(H,19,22). The number of nitrogens with one attached hydrogen (secondary N) is 1. The molecule has 1 N–H and O–H groups in total. The van der Waals surface area contributed by atoms with Crippen molar-refractivity contribution in [1.29, 1.82) is 0 Å². The van der Waals surface area contributed by atoms with Crippen LogP contribution in [0.15, 0.2) is 34.5 Å². The van der Waals surface area contributed by atoms with Crippen LogP contribution in [0.5, 0.6) is 0 Å². The number of benzene rings is 1. The zero-order valence-electron chi connectivity index (χ0n) is 15.7. The number of carbonyl (C=O) groups excluding carboxylic acids is 1. The summed E-state index contributed by atoms with van der Waals surface area (Å²) >= 11 is 1.29. The van der Waals surface area contributed by atoms with Crippen LogP contribution in [-0.4, -0.2) is 35.7 Å². The summed E-state index contributed by atoms with van der Waals surface area (Å²) in [6, 6.07) is 6.57. The summed E-state index contributed by atoms with van der Waals surface area (Å²) in [5.74, 6) is -0.250. The minimum atomic E-state index is -3.65. The molecule has 26 heavy (non-hydrogen) atoms. The molecule has 6 nitrogen and oxygen atoms in total. The zero-order chi connectivity index (χ0) is 19.5. The minimum absolute atomic E-state index is 0.0155. The second-order valence-corrected chi connectivity index (χ2v) is 9.54. The molecule has 1 amide bonds. The predicted octanol–water partition coefficient (Wildman–Crippen LogP) is 3.19. The van der Waals surface area contributed by atoms with E-state index in [1.807, 2.05) is 34.6 Å². The Hall–Kier alpha value is -1.77. The molecule has 8 heteroatoms. The number of carbonyl (C=O) groups is 1. The van der Waals surface area contributed by atoms with E-state index in [9.17, 15) is 13.2 Å². The van der Waals surface area contributed by atoms with Crippen molar-refractivity contribution in [2.45, 2.75) is 58.1 Å². The summed E-state index contributed by atoms with van der Waals surface area (Å²) in [6.07, 6.45) is 0. The van der Waals surface area contributed by atoms with E-state index in [0.29, 0.717) is 10.7 Å². The third-order valence-corrected chi connectivity index (χ3v) is 6.57. The quantitative estimate of drug-likeness (QED) is 0.781. The second kappa shape index (κ2) is 8.28. The van der Waals surface area contributed by atoms with E-state index in [-0.39, 0.29) is 29.4 Å². The Balaban J connectivity index is 2.25. The van der Waals surface area contributed by atoms with Gasteiger partial charge in [0.05, 0.1) is 11.4 Å². The molecule has 0 saturated heterocycles. The van der Waals surface area contributed by atoms with Crippen molar-refractivity contribution in [1.82, 2.24) is 14.6 Å². The van der Waals surface area contributed by atoms with Gasteiger partial charge in [0.25, 0.3) is 5.91 Å². The maximum atomic E-state index is 13.0. The second-order valence-electron chi connectivity index (χ2n) is 6.71. The summed E-state index contributed by atoms with van der Waals surface area (Å²) in [5, 5.41) is 5.03. The molecule has 0 aliphatic rings. The smallest absolute Gasteiger partial charge is 0.270 e. The van der Waals surface area contributed by atoms with Gasteiger partial charge in [-0.1, -0.05) is 17.7 Å². The van der Waals surface area contributed by atoms with E-state index in [0.717, 1.165) is 5.56 Å². The van der Waals surface area contributed by atoms with Crippen LogP contribution >= 0.6 is 11.3 Å². The van der Waals surface area contributed by atoms with Gasteiger partial charge in [-0.05, 0) is 46.8 Å². The highest BCUT2D eigenvalue weighted by Gasteiger charge is 2.28. The summed E-state index contributed by atoms with van der Waals surface area (Å²) in [7, 11) is -3.65. The Morgan fingerprint density at radius 2 is 1.81 bits per heavy atom. The number of aryl methyl sites for hydroxylation is 1. The van der Waals surface area contributed by atoms with Gasteiger partial charge in [-0.15, -0.1) is 11.3 Å². The lowest BCUT2D eigenvalue weighted by atomic mass is 10.2. The molecule has 2 rings (SSSR count). The Bertz CT molecular complexity index is 856. The number of hydrogen-bond donors (Lipinski definition) is 1. The molecule has 0 saturated carbocycles. The minimum Gasteiger partial charge on any atom is -0.349 e. The third-order valence-electron chi connectivity index (χ3n) is 3.70. The van der Waals surface area contributed by atoms with Crippen molar-refractivity contribution >= 4 is 27.3 Å². The Morgan fingerprint density at radius 1 is 1.19 bits per heavy atom. The van der Waals surface area contributed by atoms with Crippen LogP contribution in [0.1, 0.15) is 48.8 Å². The molecule has 0 unspecified atom stereocenters. The van der Waals surface area contributed by atoms with Crippen molar-refractivity contribution in [2.24, 2.45) is 0 Å². The van der Waals surface area contributed by atoms with Crippen molar-refractivity contribution in [3.05, 3.63) is 45.9 Å². The number of nitrogens with zero attached hydrogens (tertiary/aromatic N) is 2. The van der Waals surface area contributed by atoms with Gasteiger partial charge in [0.1, 0.15) is 10.7 Å². The van der Waals surface area contributed by atoms with Crippen LogP contribution < -0.4 is 5.32 Å². The van der Waals surface area contributed by atoms with Crippen molar-refractivity contribution < 1.29 is 13.2 Å². The molecule has 0 aliphatic carbocycles. The lowest BCUT2D eigenvalue weighted by Gasteiger charge is -2.25. The fraction of sp³-hybridized carbons (Fsp3) is 0.444. The lowest BCUT2D eigenvalue weighted by molar-refractivity contribution is 0.0938. The van der Waals surface area contributed by atoms with Crippen LogP contribution in [-0.2, 0) is 16.6 Å². The van der Waals surface area contributed by atoms with Gasteiger partial charge in [0.2, 0.25) is 10.0 Å². The molecule has 0 fully saturated rings. The summed E-state index contributed by atoms with van der Waals surface area (Å²) < 4.78 is 27.4. The van der Waals surface area contributed by atoms with Crippen LogP contribution in [0, 0.1) is 6.92 Å². The molecular weight excluding hydrogens is 370 g/mol. The maximum Gasteiger partial charge on any atom is 0.270 e. The largest absolute Gasteiger partial charge is 0.349 e. The molecule has 0 spiro atoms. The lowest BCUT2D eigenvalue weighted by Crippen LogP contribution is -2.36. The number of rotatable bonds is 7. The number of sulfonamides is 1. The first kappa shape index (κ1) is 20.5. The van der Waals surface area contributed by atoms with E-state index in [1.54, 1.807) is 29.6 Å². The van der Waals surface area contributed by atoms with E-state index in [4.69, 9.17) is 0 Å². The number of amides is 1. The van der Waals surface area contributed by atoms with Gasteiger partial charge in [-0.3, -0.25) is 4.79 Å². The Morgan fingerprint density at radius 3 is 2.35 bits per heavy atom. The van der Waals surface area contributed by atoms with Gasteiger partial charge < -0.3 is 5.32 Å². The van der Waals surface area contributed by atoms with Gasteiger partial charge in [0, 0.05) is 17.5 Å². The van der Waals surface area contributed by atoms with Crippen molar-refractivity contribution in [3.63, 3.8) is 0 Å². The SMILES string of the molecule is Cc1ccc(S(=O)(=O)N(Cc2nc(C(=O)NC(C)C)cs2)C(C)C)cc1. The molecular formula is C18H25N3O3S2. The molecule has 142 valence electrons. The number of aromatic nitrogens is 1. The molecule has 2 aromatic rings. The fourth-order valence-electron chi connectivity index (χ4n) is 2.35. The van der Waals surface area contributed by atoms with Crippen LogP contribution in [0.25, 0.3) is 0 Å². The summed E-state index contributed by atoms with van der Waals surface area (Å²) in [6.45, 7) is 9.44. The normalized spacial score (nSPS) is 12.2. The highest BCUT2D eigenvalue weighted by atomic mass is 32.2. The molecule has 0 aliphatic heterocycles. The first-order valence-corrected chi connectivity index (χ1v) is 10.8. The molecule has 1 aromatic carbocycles. The topological polar surface area (TPSA) is 79.4 Å². The van der Waals surface area contributed by atoms with Gasteiger partial charge >= 0.3 is 0 Å². The summed E-state index contributed by atoms with van der Waals surface area (Å²) in [4.78, 5) is 16.6.